The highest BCUT2D eigenvalue weighted by Gasteiger charge is 2.68. The molecule has 0 radical (unpaired) electrons. The van der Waals surface area contributed by atoms with Gasteiger partial charge in [-0.2, -0.15) is 0 Å². The molecule has 0 amide bonds. The average Bonchev–Trinajstić information content (AvgIpc) is 2.71. The second-order valence-corrected chi connectivity index (χ2v) is 15.0. The van der Waals surface area contributed by atoms with Crippen LogP contribution in [0.25, 0.3) is 0 Å². The molecular weight excluding hydrogens is 408 g/mol. The molecule has 0 bridgehead atoms. The molecule has 4 saturated carbocycles. The lowest BCUT2D eigenvalue weighted by Gasteiger charge is -2.71. The third-order valence-electron chi connectivity index (χ3n) is 13.0. The minimum absolute atomic E-state index is 0.0384. The summed E-state index contributed by atoms with van der Waals surface area (Å²) in [6.45, 7) is 16.8. The molecule has 0 heterocycles. The summed E-state index contributed by atoms with van der Waals surface area (Å²) in [5, 5.41) is 23.5. The first-order valence-corrected chi connectivity index (χ1v) is 13.7. The maximum Gasteiger partial charge on any atom is 0.0594 e. The number of aliphatic hydroxyl groups excluding tert-OH is 1. The van der Waals surface area contributed by atoms with Crippen LogP contribution in [0.3, 0.4) is 0 Å². The van der Waals surface area contributed by atoms with Crippen LogP contribution >= 0.6 is 0 Å². The second-order valence-electron chi connectivity index (χ2n) is 15.0. The fraction of sp³-hybridized carbons (Fsp3) is 0.900. The molecule has 0 saturated heterocycles. The quantitative estimate of drug-likeness (QED) is 0.501. The summed E-state index contributed by atoms with van der Waals surface area (Å²) in [7, 11) is 0. The van der Waals surface area contributed by atoms with Crippen molar-refractivity contribution >= 4 is 5.97 Å². The molecule has 0 aliphatic heterocycles. The van der Waals surface area contributed by atoms with Crippen molar-refractivity contribution in [1.82, 2.24) is 0 Å². The smallest absolute Gasteiger partial charge is 0.0594 e. The van der Waals surface area contributed by atoms with Crippen LogP contribution in [0.5, 0.6) is 0 Å². The number of carboxylic acids is 1. The molecule has 5 aliphatic rings. The number of aliphatic carboxylic acids is 1. The number of hydrogen-bond acceptors (Lipinski definition) is 3. The lowest BCUT2D eigenvalue weighted by Crippen LogP contribution is -2.65. The number of carboxylic acid groups (broad SMARTS) is 1. The molecule has 0 unspecified atom stereocenters. The van der Waals surface area contributed by atoms with Crippen molar-refractivity contribution in [2.24, 2.45) is 50.2 Å². The monoisotopic (exact) mass is 455 g/mol. The van der Waals surface area contributed by atoms with E-state index in [0.717, 1.165) is 51.4 Å². The van der Waals surface area contributed by atoms with Gasteiger partial charge in [-0.3, -0.25) is 0 Å². The predicted octanol–water partition coefficient (Wildman–Crippen LogP) is 5.90. The van der Waals surface area contributed by atoms with Crippen LogP contribution in [-0.4, -0.2) is 17.2 Å². The fourth-order valence-corrected chi connectivity index (χ4v) is 10.6. The molecule has 8 atom stereocenters. The molecule has 0 aromatic carbocycles. The molecule has 0 aromatic rings. The van der Waals surface area contributed by atoms with E-state index in [2.05, 4.69) is 54.5 Å². The van der Waals surface area contributed by atoms with Crippen molar-refractivity contribution in [3.63, 3.8) is 0 Å². The number of allylic oxidation sites excluding steroid dienone is 2. The fourth-order valence-electron chi connectivity index (χ4n) is 10.6. The van der Waals surface area contributed by atoms with E-state index in [1.165, 1.54) is 18.4 Å². The van der Waals surface area contributed by atoms with E-state index in [1.54, 1.807) is 0 Å². The van der Waals surface area contributed by atoms with E-state index >= 15 is 0 Å². The second kappa shape index (κ2) is 6.89. The molecule has 33 heavy (non-hydrogen) atoms. The van der Waals surface area contributed by atoms with Crippen molar-refractivity contribution in [1.29, 1.82) is 0 Å². The van der Waals surface area contributed by atoms with Crippen molar-refractivity contribution in [2.45, 2.75) is 119 Å². The summed E-state index contributed by atoms with van der Waals surface area (Å²) >= 11 is 0. The Morgan fingerprint density at radius 3 is 2.24 bits per heavy atom. The summed E-state index contributed by atoms with van der Waals surface area (Å²) in [4.78, 5) is 12.6. The number of hydrogen-bond donors (Lipinski definition) is 1. The van der Waals surface area contributed by atoms with Crippen LogP contribution in [-0.2, 0) is 4.79 Å². The number of rotatable bonds is 1. The highest BCUT2D eigenvalue weighted by atomic mass is 16.4. The highest BCUT2D eigenvalue weighted by Crippen LogP contribution is 2.75. The first-order valence-electron chi connectivity index (χ1n) is 13.7. The number of carbonyl (C=O) groups is 1. The lowest BCUT2D eigenvalue weighted by molar-refractivity contribution is -0.327. The standard InChI is InChI=1S/C30H48O3/c1-25(2)14-16-30(24(32)33)17-15-28(6)19(20(30)18-25)8-9-22-27(5)12-11-23(31)26(3,4)21(27)10-13-29(22,28)7/h8,20-23,31H,9-18H2,1-7H3,(H,32,33)/p-1/t20-,21-,22+,23+,27-,28+,29+,30-/m0/s1. The van der Waals surface area contributed by atoms with Crippen LogP contribution in [0.4, 0.5) is 0 Å². The van der Waals surface area contributed by atoms with E-state index in [1.807, 2.05) is 0 Å². The Morgan fingerprint density at radius 2 is 1.58 bits per heavy atom. The van der Waals surface area contributed by atoms with Gasteiger partial charge in [0.05, 0.1) is 6.10 Å². The Bertz CT molecular complexity index is 885. The van der Waals surface area contributed by atoms with Crippen molar-refractivity contribution in [3.8, 4) is 0 Å². The van der Waals surface area contributed by atoms with Gasteiger partial charge in [-0.15, -0.1) is 0 Å². The first-order chi connectivity index (χ1) is 15.1. The Balaban J connectivity index is 1.60. The topological polar surface area (TPSA) is 60.4 Å². The zero-order valence-corrected chi connectivity index (χ0v) is 22.2. The summed E-state index contributed by atoms with van der Waals surface area (Å²) in [5.41, 5.74) is 1.43. The largest absolute Gasteiger partial charge is 0.550 e. The summed E-state index contributed by atoms with van der Waals surface area (Å²) in [5.74, 6) is 0.469. The van der Waals surface area contributed by atoms with E-state index in [9.17, 15) is 15.0 Å². The van der Waals surface area contributed by atoms with Gasteiger partial charge in [0, 0.05) is 11.4 Å². The van der Waals surface area contributed by atoms with E-state index in [0.29, 0.717) is 11.8 Å². The summed E-state index contributed by atoms with van der Waals surface area (Å²) in [6.07, 6.45) is 12.3. The van der Waals surface area contributed by atoms with Crippen LogP contribution in [0.1, 0.15) is 113 Å². The Kier molecular flexibility index (Phi) is 4.99. The highest BCUT2D eigenvalue weighted by molar-refractivity contribution is 5.74. The van der Waals surface area contributed by atoms with Crippen molar-refractivity contribution < 1.29 is 15.0 Å². The van der Waals surface area contributed by atoms with Gasteiger partial charge >= 0.3 is 0 Å². The third-order valence-corrected chi connectivity index (χ3v) is 13.0. The molecule has 0 spiro atoms. The average molecular weight is 456 g/mol. The minimum atomic E-state index is -0.795. The van der Waals surface area contributed by atoms with Crippen LogP contribution < -0.4 is 5.11 Å². The Hall–Kier alpha value is -0.830. The van der Waals surface area contributed by atoms with Gasteiger partial charge in [0.2, 0.25) is 0 Å². The predicted molar refractivity (Wildman–Crippen MR) is 130 cm³/mol. The third kappa shape index (κ3) is 2.87. The molecule has 3 nitrogen and oxygen atoms in total. The summed E-state index contributed by atoms with van der Waals surface area (Å²) in [6, 6.07) is 0. The van der Waals surface area contributed by atoms with Gasteiger partial charge < -0.3 is 15.0 Å². The van der Waals surface area contributed by atoms with Crippen LogP contribution in [0.2, 0.25) is 0 Å². The molecule has 3 heteroatoms. The molecule has 0 aromatic heterocycles. The maximum absolute atomic E-state index is 12.6. The maximum atomic E-state index is 12.6. The normalized spacial score (nSPS) is 52.4. The lowest BCUT2D eigenvalue weighted by atomic mass is 9.33. The zero-order chi connectivity index (χ0) is 24.2. The SMILES string of the molecule is CC1(C)CC[C@]2(C(=O)[O-])CC[C@]3(C)C(=CC[C@@H]4[C@@]5(C)CC[C@@H](O)C(C)(C)[C@@H]5CC[C@]43C)[C@@H]2C1. The van der Waals surface area contributed by atoms with Gasteiger partial charge in [0.25, 0.3) is 0 Å². The Morgan fingerprint density at radius 1 is 0.909 bits per heavy atom. The van der Waals surface area contributed by atoms with Crippen molar-refractivity contribution in [3.05, 3.63) is 11.6 Å². The number of carbonyl (C=O) groups excluding carboxylic acids is 1. The summed E-state index contributed by atoms with van der Waals surface area (Å²) < 4.78 is 0. The van der Waals surface area contributed by atoms with Gasteiger partial charge in [-0.25, -0.2) is 0 Å². The molecule has 5 aliphatic carbocycles. The van der Waals surface area contributed by atoms with Crippen molar-refractivity contribution in [2.75, 3.05) is 0 Å². The van der Waals surface area contributed by atoms with Gasteiger partial charge in [-0.1, -0.05) is 60.1 Å². The molecular formula is C30H47O3-. The van der Waals surface area contributed by atoms with E-state index < -0.39 is 11.4 Å². The number of fused-ring (bicyclic) bond motifs is 7. The Labute approximate surface area is 201 Å². The zero-order valence-electron chi connectivity index (χ0n) is 22.2. The van der Waals surface area contributed by atoms with Gasteiger partial charge in [-0.05, 0) is 109 Å². The molecule has 1 N–H and O–H groups in total. The number of aliphatic hydroxyl groups is 1. The minimum Gasteiger partial charge on any atom is -0.550 e. The molecule has 186 valence electrons. The van der Waals surface area contributed by atoms with Crippen LogP contribution in [0.15, 0.2) is 11.6 Å². The van der Waals surface area contributed by atoms with Gasteiger partial charge in [0.1, 0.15) is 0 Å². The molecule has 4 fully saturated rings. The van der Waals surface area contributed by atoms with E-state index in [-0.39, 0.29) is 39.1 Å². The molecule has 5 rings (SSSR count). The van der Waals surface area contributed by atoms with Gasteiger partial charge in [0.15, 0.2) is 0 Å². The van der Waals surface area contributed by atoms with Crippen LogP contribution in [0, 0.1) is 50.2 Å². The first kappa shape index (κ1) is 23.9. The van der Waals surface area contributed by atoms with E-state index in [4.69, 9.17) is 0 Å².